The average Bonchev–Trinajstić information content (AvgIpc) is 3.56. The summed E-state index contributed by atoms with van der Waals surface area (Å²) in [6, 6.07) is 26.8. The van der Waals surface area contributed by atoms with Crippen molar-refractivity contribution in [3.05, 3.63) is 108 Å². The summed E-state index contributed by atoms with van der Waals surface area (Å²) in [4.78, 5) is 18.8. The molecular formula is C29H28N4O3S. The van der Waals surface area contributed by atoms with Crippen LogP contribution in [0.5, 0.6) is 0 Å². The molecule has 0 unspecified atom stereocenters. The highest BCUT2D eigenvalue weighted by Gasteiger charge is 2.41. The predicted molar refractivity (Wildman–Crippen MR) is 147 cm³/mol. The monoisotopic (exact) mass is 512 g/mol. The lowest BCUT2D eigenvalue weighted by molar-refractivity contribution is 0.0601. The molecule has 0 aliphatic carbocycles. The summed E-state index contributed by atoms with van der Waals surface area (Å²) in [7, 11) is 1.37. The molecule has 4 aromatic rings. The first-order chi connectivity index (χ1) is 18.1. The summed E-state index contributed by atoms with van der Waals surface area (Å²) in [5.74, 6) is 1.06. The van der Waals surface area contributed by atoms with Gasteiger partial charge >= 0.3 is 5.97 Å². The van der Waals surface area contributed by atoms with E-state index in [1.807, 2.05) is 60.7 Å². The van der Waals surface area contributed by atoms with Gasteiger partial charge in [0.2, 0.25) is 0 Å². The number of aromatic nitrogens is 1. The van der Waals surface area contributed by atoms with Gasteiger partial charge in [-0.3, -0.25) is 4.98 Å². The third kappa shape index (κ3) is 5.49. The minimum Gasteiger partial charge on any atom is -0.465 e. The Balaban J connectivity index is 1.39. The Morgan fingerprint density at radius 3 is 2.70 bits per heavy atom. The van der Waals surface area contributed by atoms with Gasteiger partial charge in [0.1, 0.15) is 17.6 Å². The maximum atomic E-state index is 12.0. The summed E-state index contributed by atoms with van der Waals surface area (Å²) in [6.45, 7) is 1.56. The molecule has 0 amide bonds. The van der Waals surface area contributed by atoms with Crippen molar-refractivity contribution in [2.75, 3.05) is 25.5 Å². The number of hydrogen-bond donors (Lipinski definition) is 2. The van der Waals surface area contributed by atoms with Crippen molar-refractivity contribution in [1.82, 2.24) is 15.2 Å². The van der Waals surface area contributed by atoms with Crippen molar-refractivity contribution >= 4 is 29.0 Å². The number of nitrogens with one attached hydrogen (secondary N) is 2. The van der Waals surface area contributed by atoms with Crippen molar-refractivity contribution in [1.29, 1.82) is 0 Å². The standard InChI is InChI=1S/C29H28N4O3S/c1-35-28(34)21-10-7-9-20(19-21)24-14-15-25(36-24)27-26(23-13-5-6-16-31-23)32-29(37)33(27)18-8-17-30-22-11-3-2-4-12-22/h2-7,9-16,19,26-27,30H,8,17-18H2,1H3,(H,32,37)/t26-,27+/m0/s1. The number of methoxy groups -OCH3 is 1. The number of thiocarbonyl (C=S) groups is 1. The SMILES string of the molecule is COC(=O)c1cccc(-c2ccc([C@@H]3[C@H](c4ccccn4)NC(=S)N3CCCNc3ccccc3)o2)c1. The van der Waals surface area contributed by atoms with Crippen LogP contribution in [0.4, 0.5) is 5.69 Å². The van der Waals surface area contributed by atoms with E-state index < -0.39 is 0 Å². The van der Waals surface area contributed by atoms with Crippen molar-refractivity contribution < 1.29 is 13.9 Å². The van der Waals surface area contributed by atoms with Crippen LogP contribution in [0.15, 0.2) is 95.5 Å². The van der Waals surface area contributed by atoms with Gasteiger partial charge < -0.3 is 24.7 Å². The van der Waals surface area contributed by atoms with Crippen LogP contribution < -0.4 is 10.6 Å². The lowest BCUT2D eigenvalue weighted by atomic mass is 10.0. The van der Waals surface area contributed by atoms with Crippen LogP contribution >= 0.6 is 12.2 Å². The molecule has 0 spiro atoms. The molecule has 2 aromatic heterocycles. The Morgan fingerprint density at radius 1 is 1.08 bits per heavy atom. The molecule has 7 nitrogen and oxygen atoms in total. The van der Waals surface area contributed by atoms with E-state index in [2.05, 4.69) is 32.7 Å². The minimum atomic E-state index is -0.385. The van der Waals surface area contributed by atoms with Gasteiger partial charge in [-0.1, -0.05) is 36.4 Å². The molecule has 3 heterocycles. The third-order valence-electron chi connectivity index (χ3n) is 6.36. The molecule has 37 heavy (non-hydrogen) atoms. The number of nitrogens with zero attached hydrogens (tertiary/aromatic N) is 2. The second-order valence-corrected chi connectivity index (χ2v) is 9.13. The first-order valence-electron chi connectivity index (χ1n) is 12.2. The van der Waals surface area contributed by atoms with Gasteiger partial charge in [-0.15, -0.1) is 0 Å². The largest absolute Gasteiger partial charge is 0.465 e. The molecule has 0 radical (unpaired) electrons. The van der Waals surface area contributed by atoms with Crippen LogP contribution in [0.25, 0.3) is 11.3 Å². The number of ether oxygens (including phenoxy) is 1. The van der Waals surface area contributed by atoms with Crippen molar-refractivity contribution in [2.45, 2.75) is 18.5 Å². The van der Waals surface area contributed by atoms with Crippen LogP contribution in [0.1, 0.15) is 40.3 Å². The van der Waals surface area contributed by atoms with Gasteiger partial charge in [0.15, 0.2) is 5.11 Å². The number of pyridine rings is 1. The Labute approximate surface area is 221 Å². The summed E-state index contributed by atoms with van der Waals surface area (Å²) in [5, 5.41) is 7.60. The Kier molecular flexibility index (Phi) is 7.46. The highest BCUT2D eigenvalue weighted by molar-refractivity contribution is 7.80. The fourth-order valence-electron chi connectivity index (χ4n) is 4.58. The zero-order valence-corrected chi connectivity index (χ0v) is 21.3. The molecule has 188 valence electrons. The fourth-order valence-corrected chi connectivity index (χ4v) is 4.91. The maximum absolute atomic E-state index is 12.0. The first kappa shape index (κ1) is 24.5. The number of para-hydroxylation sites is 1. The van der Waals surface area contributed by atoms with Crippen molar-refractivity contribution in [3.8, 4) is 11.3 Å². The van der Waals surface area contributed by atoms with Crippen LogP contribution in [-0.4, -0.2) is 41.2 Å². The molecule has 2 atom stereocenters. The number of hydrogen-bond acceptors (Lipinski definition) is 6. The summed E-state index contributed by atoms with van der Waals surface area (Å²) < 4.78 is 11.3. The van der Waals surface area contributed by atoms with E-state index in [0.29, 0.717) is 16.4 Å². The number of carbonyl (C=O) groups is 1. The van der Waals surface area contributed by atoms with Crippen LogP contribution in [0, 0.1) is 0 Å². The van der Waals surface area contributed by atoms with Gasteiger partial charge in [-0.2, -0.15) is 0 Å². The molecular weight excluding hydrogens is 484 g/mol. The number of furan rings is 1. The molecule has 5 rings (SSSR count). The number of benzene rings is 2. The molecule has 2 N–H and O–H groups in total. The van der Waals surface area contributed by atoms with E-state index in [1.54, 1.807) is 18.3 Å². The lowest BCUT2D eigenvalue weighted by Crippen LogP contribution is -2.31. The van der Waals surface area contributed by atoms with E-state index in [9.17, 15) is 4.79 Å². The number of esters is 1. The zero-order valence-electron chi connectivity index (χ0n) is 20.5. The molecule has 1 saturated heterocycles. The fraction of sp³-hybridized carbons (Fsp3) is 0.207. The van der Waals surface area contributed by atoms with E-state index in [-0.39, 0.29) is 18.1 Å². The zero-order chi connectivity index (χ0) is 25.6. The second kappa shape index (κ2) is 11.3. The highest BCUT2D eigenvalue weighted by Crippen LogP contribution is 2.40. The molecule has 1 fully saturated rings. The smallest absolute Gasteiger partial charge is 0.337 e. The average molecular weight is 513 g/mol. The quantitative estimate of drug-likeness (QED) is 0.170. The number of anilines is 1. The topological polar surface area (TPSA) is 79.6 Å². The van der Waals surface area contributed by atoms with Gasteiger partial charge in [-0.25, -0.2) is 4.79 Å². The molecule has 0 saturated carbocycles. The summed E-state index contributed by atoms with van der Waals surface area (Å²) >= 11 is 5.77. The Bertz CT molecular complexity index is 1360. The summed E-state index contributed by atoms with van der Waals surface area (Å²) in [5.41, 5.74) is 3.26. The predicted octanol–water partition coefficient (Wildman–Crippen LogP) is 5.60. The normalized spacial score (nSPS) is 16.9. The lowest BCUT2D eigenvalue weighted by Gasteiger charge is -2.26. The maximum Gasteiger partial charge on any atom is 0.337 e. The molecule has 2 aromatic carbocycles. The van der Waals surface area contributed by atoms with Crippen molar-refractivity contribution in [2.24, 2.45) is 0 Å². The first-order valence-corrected chi connectivity index (χ1v) is 12.6. The van der Waals surface area contributed by atoms with Crippen LogP contribution in [0.2, 0.25) is 0 Å². The van der Waals surface area contributed by atoms with Crippen LogP contribution in [-0.2, 0) is 4.74 Å². The van der Waals surface area contributed by atoms with Crippen LogP contribution in [0.3, 0.4) is 0 Å². The third-order valence-corrected chi connectivity index (χ3v) is 6.72. The van der Waals surface area contributed by atoms with Gasteiger partial charge in [-0.05, 0) is 67.2 Å². The number of carbonyl (C=O) groups excluding carboxylic acids is 1. The van der Waals surface area contributed by atoms with Gasteiger partial charge in [0, 0.05) is 30.5 Å². The molecule has 8 heteroatoms. The Hall–Kier alpha value is -4.17. The molecule has 0 bridgehead atoms. The summed E-state index contributed by atoms with van der Waals surface area (Å²) in [6.07, 6.45) is 2.67. The minimum absolute atomic E-state index is 0.156. The van der Waals surface area contributed by atoms with Gasteiger partial charge in [0.25, 0.3) is 0 Å². The molecule has 1 aliphatic rings. The second-order valence-electron chi connectivity index (χ2n) is 8.74. The van der Waals surface area contributed by atoms with Gasteiger partial charge in [0.05, 0.1) is 24.4 Å². The van der Waals surface area contributed by atoms with E-state index in [4.69, 9.17) is 21.4 Å². The number of rotatable bonds is 9. The van der Waals surface area contributed by atoms with E-state index >= 15 is 0 Å². The van der Waals surface area contributed by atoms with Crippen molar-refractivity contribution in [3.63, 3.8) is 0 Å². The Morgan fingerprint density at radius 2 is 1.92 bits per heavy atom. The molecule has 1 aliphatic heterocycles. The van der Waals surface area contributed by atoms with E-state index in [1.165, 1.54) is 7.11 Å². The van der Waals surface area contributed by atoms with E-state index in [0.717, 1.165) is 42.2 Å². The highest BCUT2D eigenvalue weighted by atomic mass is 32.1.